The number of benzene rings is 1. The van der Waals surface area contributed by atoms with Gasteiger partial charge in [-0.1, -0.05) is 24.3 Å². The quantitative estimate of drug-likeness (QED) is 0.733. The van der Waals surface area contributed by atoms with Crippen LogP contribution < -0.4 is 5.32 Å². The molecule has 0 bridgehead atoms. The molecule has 5 rings (SSSR count). The average Bonchev–Trinajstić information content (AvgIpc) is 3.10. The maximum atomic E-state index is 12.6. The van der Waals surface area contributed by atoms with Gasteiger partial charge in [-0.15, -0.1) is 0 Å². The summed E-state index contributed by atoms with van der Waals surface area (Å²) in [6, 6.07) is 10.6. The summed E-state index contributed by atoms with van der Waals surface area (Å²) in [5, 5.41) is 4.62. The molecule has 1 aromatic carbocycles. The molecule has 3 heterocycles. The highest BCUT2D eigenvalue weighted by Crippen LogP contribution is 2.37. The Kier molecular flexibility index (Phi) is 4.24. The van der Waals surface area contributed by atoms with E-state index in [2.05, 4.69) is 50.6 Å². The lowest BCUT2D eigenvalue weighted by Gasteiger charge is -2.42. The van der Waals surface area contributed by atoms with Gasteiger partial charge in [-0.2, -0.15) is 0 Å². The fraction of sp³-hybridized carbons (Fsp3) is 0.381. The second-order valence-corrected chi connectivity index (χ2v) is 7.50. The Bertz CT molecular complexity index is 1030. The van der Waals surface area contributed by atoms with Gasteiger partial charge in [0.15, 0.2) is 0 Å². The van der Waals surface area contributed by atoms with Crippen molar-refractivity contribution in [1.82, 2.24) is 19.9 Å². The molecule has 2 aromatic heterocycles. The maximum absolute atomic E-state index is 12.6. The molecular formula is C21H23N5O2. The second-order valence-electron chi connectivity index (χ2n) is 7.50. The third-order valence-electron chi connectivity index (χ3n) is 5.76. The first kappa shape index (κ1) is 17.2. The average molecular weight is 377 g/mol. The number of carbonyl (C=O) groups excluding carboxylic acids is 1. The van der Waals surface area contributed by atoms with Crippen molar-refractivity contribution in [3.8, 4) is 0 Å². The summed E-state index contributed by atoms with van der Waals surface area (Å²) in [6.45, 7) is 3.40. The van der Waals surface area contributed by atoms with Gasteiger partial charge in [-0.05, 0) is 37.0 Å². The number of morpholine rings is 1. The van der Waals surface area contributed by atoms with Gasteiger partial charge in [0.1, 0.15) is 24.4 Å². The van der Waals surface area contributed by atoms with Crippen LogP contribution in [0.25, 0.3) is 11.0 Å². The summed E-state index contributed by atoms with van der Waals surface area (Å²) in [4.78, 5) is 26.7. The molecule has 0 unspecified atom stereocenters. The zero-order valence-corrected chi connectivity index (χ0v) is 15.8. The lowest BCUT2D eigenvalue weighted by molar-refractivity contribution is -0.146. The number of nitrogens with one attached hydrogen (secondary N) is 2. The Hall–Kier alpha value is -2.93. The predicted octanol–water partition coefficient (Wildman–Crippen LogP) is 2.59. The molecule has 2 aliphatic rings. The number of rotatable bonds is 3. The fourth-order valence-corrected chi connectivity index (χ4v) is 4.47. The minimum absolute atomic E-state index is 0.0275. The van der Waals surface area contributed by atoms with Crippen molar-refractivity contribution in [3.05, 3.63) is 53.5 Å². The molecule has 1 amide bonds. The maximum Gasteiger partial charge on any atom is 0.248 e. The van der Waals surface area contributed by atoms with Gasteiger partial charge in [-0.3, -0.25) is 4.79 Å². The Morgan fingerprint density at radius 1 is 1.29 bits per heavy atom. The number of amides is 1. The Morgan fingerprint density at radius 2 is 2.18 bits per heavy atom. The first-order valence-corrected chi connectivity index (χ1v) is 9.72. The predicted molar refractivity (Wildman–Crippen MR) is 106 cm³/mol. The summed E-state index contributed by atoms with van der Waals surface area (Å²) < 4.78 is 5.35. The van der Waals surface area contributed by atoms with E-state index in [9.17, 15) is 4.79 Å². The third kappa shape index (κ3) is 2.92. The molecule has 0 spiro atoms. The van der Waals surface area contributed by atoms with Crippen LogP contribution in [0.15, 0.2) is 36.7 Å². The van der Waals surface area contributed by atoms with Crippen molar-refractivity contribution >= 4 is 22.8 Å². The van der Waals surface area contributed by atoms with Gasteiger partial charge >= 0.3 is 0 Å². The van der Waals surface area contributed by atoms with E-state index in [0.29, 0.717) is 13.2 Å². The highest BCUT2D eigenvalue weighted by atomic mass is 16.5. The minimum atomic E-state index is -0.0275. The van der Waals surface area contributed by atoms with Gasteiger partial charge in [0.2, 0.25) is 5.91 Å². The van der Waals surface area contributed by atoms with Crippen molar-refractivity contribution in [3.63, 3.8) is 0 Å². The Labute approximate surface area is 163 Å². The number of aryl methyl sites for hydroxylation is 2. The van der Waals surface area contributed by atoms with Crippen molar-refractivity contribution in [2.24, 2.45) is 0 Å². The van der Waals surface area contributed by atoms with Crippen LogP contribution in [-0.4, -0.2) is 51.6 Å². The first-order chi connectivity index (χ1) is 13.7. The topological polar surface area (TPSA) is 83.1 Å². The van der Waals surface area contributed by atoms with E-state index < -0.39 is 0 Å². The summed E-state index contributed by atoms with van der Waals surface area (Å²) in [6.07, 6.45) is 3.46. The van der Waals surface area contributed by atoms with E-state index in [4.69, 9.17) is 4.74 Å². The molecule has 1 aliphatic heterocycles. The monoisotopic (exact) mass is 377 g/mol. The number of hydrogen-bond acceptors (Lipinski definition) is 5. The number of hydrogen-bond donors (Lipinski definition) is 2. The van der Waals surface area contributed by atoms with Crippen LogP contribution in [-0.2, 0) is 16.0 Å². The number of aromatic nitrogens is 3. The Morgan fingerprint density at radius 3 is 3.07 bits per heavy atom. The molecule has 7 heteroatoms. The molecule has 0 saturated carbocycles. The van der Waals surface area contributed by atoms with E-state index in [0.717, 1.165) is 35.4 Å². The first-order valence-electron chi connectivity index (χ1n) is 9.72. The normalized spacial score (nSPS) is 22.3. The highest BCUT2D eigenvalue weighted by molar-refractivity contribution is 5.88. The molecule has 0 radical (unpaired) electrons. The number of fused-ring (bicyclic) bond motifs is 2. The molecule has 1 aliphatic carbocycles. The number of carbonyl (C=O) groups is 1. The van der Waals surface area contributed by atoms with Crippen molar-refractivity contribution in [2.75, 3.05) is 25.1 Å². The zero-order valence-electron chi connectivity index (χ0n) is 15.8. The zero-order chi connectivity index (χ0) is 19.1. The summed E-state index contributed by atoms with van der Waals surface area (Å²) in [7, 11) is 0. The molecule has 2 N–H and O–H groups in total. The molecule has 144 valence electrons. The SMILES string of the molecule is Cc1cc2c(N[C@H]3c4ccccc4CC[C@@H]3N3CCOCC3=O)ncnc2[nH]1. The summed E-state index contributed by atoms with van der Waals surface area (Å²) >= 11 is 0. The number of aromatic amines is 1. The van der Waals surface area contributed by atoms with E-state index in [1.807, 2.05) is 11.8 Å². The van der Waals surface area contributed by atoms with E-state index >= 15 is 0 Å². The molecule has 1 saturated heterocycles. The number of ether oxygens (including phenoxy) is 1. The van der Waals surface area contributed by atoms with Crippen LogP contribution in [0, 0.1) is 6.92 Å². The van der Waals surface area contributed by atoms with Gasteiger partial charge in [0.05, 0.1) is 24.1 Å². The molecule has 3 aromatic rings. The highest BCUT2D eigenvalue weighted by Gasteiger charge is 2.37. The van der Waals surface area contributed by atoms with Crippen LogP contribution in [0.2, 0.25) is 0 Å². The minimum Gasteiger partial charge on any atom is -0.370 e. The second kappa shape index (κ2) is 6.91. The van der Waals surface area contributed by atoms with E-state index in [-0.39, 0.29) is 24.6 Å². The summed E-state index contributed by atoms with van der Waals surface area (Å²) in [5.74, 6) is 0.856. The van der Waals surface area contributed by atoms with Crippen LogP contribution in [0.4, 0.5) is 5.82 Å². The number of nitrogens with zero attached hydrogens (tertiary/aromatic N) is 3. The standard InChI is InChI=1S/C21H23N5O2/c1-13-10-16-20(24-13)22-12-23-21(16)25-19-15-5-3-2-4-14(15)6-7-17(19)26-8-9-28-11-18(26)27/h2-5,10,12,17,19H,6-9,11H2,1H3,(H2,22,23,24,25)/t17-,19-/m0/s1. The van der Waals surface area contributed by atoms with E-state index in [1.54, 1.807) is 6.33 Å². The number of anilines is 1. The third-order valence-corrected chi connectivity index (χ3v) is 5.76. The lowest BCUT2D eigenvalue weighted by atomic mass is 9.83. The van der Waals surface area contributed by atoms with Gasteiger partial charge < -0.3 is 19.9 Å². The van der Waals surface area contributed by atoms with Gasteiger partial charge in [-0.25, -0.2) is 9.97 Å². The van der Waals surface area contributed by atoms with Crippen LogP contribution in [0.1, 0.15) is 29.3 Å². The lowest BCUT2D eigenvalue weighted by Crippen LogP contribution is -2.52. The van der Waals surface area contributed by atoms with Crippen LogP contribution in [0.5, 0.6) is 0 Å². The van der Waals surface area contributed by atoms with E-state index in [1.165, 1.54) is 11.1 Å². The van der Waals surface area contributed by atoms with Gasteiger partial charge in [0, 0.05) is 12.2 Å². The van der Waals surface area contributed by atoms with Crippen molar-refractivity contribution in [1.29, 1.82) is 0 Å². The number of H-pyrrole nitrogens is 1. The largest absolute Gasteiger partial charge is 0.370 e. The summed E-state index contributed by atoms with van der Waals surface area (Å²) in [5.41, 5.74) is 4.42. The molecule has 7 nitrogen and oxygen atoms in total. The molecule has 1 fully saturated rings. The fourth-order valence-electron chi connectivity index (χ4n) is 4.47. The molecular weight excluding hydrogens is 354 g/mol. The van der Waals surface area contributed by atoms with Crippen LogP contribution >= 0.6 is 0 Å². The van der Waals surface area contributed by atoms with Crippen molar-refractivity contribution in [2.45, 2.75) is 31.8 Å². The smallest absolute Gasteiger partial charge is 0.248 e. The molecule has 28 heavy (non-hydrogen) atoms. The molecule has 2 atom stereocenters. The van der Waals surface area contributed by atoms with Crippen molar-refractivity contribution < 1.29 is 9.53 Å². The van der Waals surface area contributed by atoms with Gasteiger partial charge in [0.25, 0.3) is 0 Å². The van der Waals surface area contributed by atoms with Crippen LogP contribution in [0.3, 0.4) is 0 Å². The Balaban J connectivity index is 1.56.